The van der Waals surface area contributed by atoms with E-state index >= 15 is 0 Å². The first-order chi connectivity index (χ1) is 6.38. The number of hydrogen-bond acceptors (Lipinski definition) is 3. The molecule has 2 aliphatic heterocycles. The highest BCUT2D eigenvalue weighted by Crippen LogP contribution is 2.14. The Hall–Kier alpha value is -0.130. The number of halogens is 1. The third kappa shape index (κ3) is 2.68. The molecule has 1 N–H and O–H groups in total. The molecule has 0 spiro atoms. The molecule has 2 saturated heterocycles. The van der Waals surface area contributed by atoms with Crippen molar-refractivity contribution in [2.75, 3.05) is 32.8 Å². The third-order valence-corrected chi connectivity index (χ3v) is 2.63. The molecule has 0 saturated carbocycles. The molecule has 2 heterocycles. The number of rotatable bonds is 1. The largest absolute Gasteiger partial charge is 0.368 e. The summed E-state index contributed by atoms with van der Waals surface area (Å²) in [5.41, 5.74) is 0. The van der Waals surface area contributed by atoms with E-state index in [1.54, 1.807) is 0 Å². The quantitative estimate of drug-likeness (QED) is 0.735. The molecule has 0 aromatic heterocycles. The van der Waals surface area contributed by atoms with Crippen LogP contribution in [0.25, 0.3) is 0 Å². The Kier molecular flexibility index (Phi) is 4.84. The molecule has 2 aliphatic rings. The van der Waals surface area contributed by atoms with Crippen LogP contribution in [0.4, 0.5) is 0 Å². The van der Waals surface area contributed by atoms with Gasteiger partial charge < -0.3 is 15.0 Å². The molecule has 0 bridgehead atoms. The fraction of sp³-hybridized carbons (Fsp3) is 0.889. The lowest BCUT2D eigenvalue weighted by Gasteiger charge is -2.29. The van der Waals surface area contributed by atoms with E-state index in [0.717, 1.165) is 45.6 Å². The monoisotopic (exact) mass is 264 g/mol. The lowest BCUT2D eigenvalue weighted by Crippen LogP contribution is -2.49. The summed E-state index contributed by atoms with van der Waals surface area (Å²) in [6, 6.07) is 0. The van der Waals surface area contributed by atoms with E-state index in [-0.39, 0.29) is 29.0 Å². The van der Waals surface area contributed by atoms with Crippen molar-refractivity contribution in [2.24, 2.45) is 0 Å². The first-order valence-corrected chi connectivity index (χ1v) is 4.99. The number of carbonyl (C=O) groups excluding carboxylic acids is 1. The van der Waals surface area contributed by atoms with Gasteiger partial charge in [0.2, 0.25) is 0 Å². The molecule has 1 unspecified atom stereocenters. The van der Waals surface area contributed by atoms with Gasteiger partial charge in [-0.15, -0.1) is 17.0 Å². The highest BCUT2D eigenvalue weighted by molar-refractivity contribution is 8.93. The SMILES string of the molecule is Br.O=C(C1CCCO1)N1CCNCC1. The van der Waals surface area contributed by atoms with Gasteiger partial charge in [-0.2, -0.15) is 0 Å². The van der Waals surface area contributed by atoms with Crippen LogP contribution in [0.5, 0.6) is 0 Å². The van der Waals surface area contributed by atoms with Gasteiger partial charge in [0.1, 0.15) is 6.10 Å². The molecule has 4 nitrogen and oxygen atoms in total. The summed E-state index contributed by atoms with van der Waals surface area (Å²) < 4.78 is 5.36. The highest BCUT2D eigenvalue weighted by Gasteiger charge is 2.28. The Labute approximate surface area is 94.7 Å². The molecule has 0 aliphatic carbocycles. The lowest BCUT2D eigenvalue weighted by atomic mass is 10.2. The number of hydrogen-bond donors (Lipinski definition) is 1. The zero-order chi connectivity index (χ0) is 9.10. The van der Waals surface area contributed by atoms with Crippen LogP contribution in [0.1, 0.15) is 12.8 Å². The van der Waals surface area contributed by atoms with Gasteiger partial charge >= 0.3 is 0 Å². The number of piperazine rings is 1. The van der Waals surface area contributed by atoms with Crippen LogP contribution >= 0.6 is 17.0 Å². The molecule has 0 aromatic rings. The van der Waals surface area contributed by atoms with Gasteiger partial charge in [0.05, 0.1) is 0 Å². The summed E-state index contributed by atoms with van der Waals surface area (Å²) in [5, 5.41) is 3.23. The summed E-state index contributed by atoms with van der Waals surface area (Å²) >= 11 is 0. The molecular weight excluding hydrogens is 248 g/mol. The van der Waals surface area contributed by atoms with Crippen molar-refractivity contribution in [3.63, 3.8) is 0 Å². The average Bonchev–Trinajstić information content (AvgIpc) is 2.71. The summed E-state index contributed by atoms with van der Waals surface area (Å²) in [7, 11) is 0. The van der Waals surface area contributed by atoms with Gasteiger partial charge in [0.25, 0.3) is 5.91 Å². The molecule has 82 valence electrons. The third-order valence-electron chi connectivity index (χ3n) is 2.63. The van der Waals surface area contributed by atoms with Crippen molar-refractivity contribution >= 4 is 22.9 Å². The van der Waals surface area contributed by atoms with Crippen molar-refractivity contribution in [3.05, 3.63) is 0 Å². The summed E-state index contributed by atoms with van der Waals surface area (Å²) in [6.07, 6.45) is 1.80. The Morgan fingerprint density at radius 1 is 1.36 bits per heavy atom. The summed E-state index contributed by atoms with van der Waals surface area (Å²) in [5.74, 6) is 0.194. The predicted molar refractivity (Wildman–Crippen MR) is 58.7 cm³/mol. The Morgan fingerprint density at radius 3 is 2.64 bits per heavy atom. The standard InChI is InChI=1S/C9H16N2O2.BrH/c12-9(8-2-1-7-13-8)11-5-3-10-4-6-11;/h8,10H,1-7H2;1H. The van der Waals surface area contributed by atoms with Crippen LogP contribution in [0.3, 0.4) is 0 Å². The normalized spacial score (nSPS) is 27.1. The first-order valence-electron chi connectivity index (χ1n) is 4.99. The maximum absolute atomic E-state index is 11.8. The topological polar surface area (TPSA) is 41.6 Å². The van der Waals surface area contributed by atoms with Gasteiger partial charge in [0, 0.05) is 32.8 Å². The second-order valence-corrected chi connectivity index (χ2v) is 3.58. The zero-order valence-corrected chi connectivity index (χ0v) is 9.91. The summed E-state index contributed by atoms with van der Waals surface area (Å²) in [6.45, 7) is 4.25. The number of amides is 1. The van der Waals surface area contributed by atoms with Crippen molar-refractivity contribution in [3.8, 4) is 0 Å². The second-order valence-electron chi connectivity index (χ2n) is 3.58. The number of nitrogens with one attached hydrogen (secondary N) is 1. The fourth-order valence-electron chi connectivity index (χ4n) is 1.86. The van der Waals surface area contributed by atoms with Crippen LogP contribution in [0.2, 0.25) is 0 Å². The Bertz CT molecular complexity index is 189. The molecule has 2 rings (SSSR count). The van der Waals surface area contributed by atoms with E-state index in [9.17, 15) is 4.79 Å². The van der Waals surface area contributed by atoms with E-state index < -0.39 is 0 Å². The van der Waals surface area contributed by atoms with Crippen LogP contribution < -0.4 is 5.32 Å². The molecule has 2 fully saturated rings. The molecule has 5 heteroatoms. The van der Waals surface area contributed by atoms with E-state index in [4.69, 9.17) is 4.74 Å². The van der Waals surface area contributed by atoms with E-state index in [1.165, 1.54) is 0 Å². The van der Waals surface area contributed by atoms with Gasteiger partial charge in [-0.25, -0.2) is 0 Å². The van der Waals surface area contributed by atoms with Crippen LogP contribution in [-0.4, -0.2) is 49.7 Å². The first kappa shape index (κ1) is 11.9. The Morgan fingerprint density at radius 2 is 2.07 bits per heavy atom. The van der Waals surface area contributed by atoms with Crippen molar-refractivity contribution < 1.29 is 9.53 Å². The molecule has 0 radical (unpaired) electrons. The van der Waals surface area contributed by atoms with Gasteiger partial charge in [-0.3, -0.25) is 4.79 Å². The minimum atomic E-state index is -0.141. The maximum atomic E-state index is 11.8. The molecule has 0 aromatic carbocycles. The number of ether oxygens (including phenoxy) is 1. The van der Waals surface area contributed by atoms with Gasteiger partial charge in [0.15, 0.2) is 0 Å². The van der Waals surface area contributed by atoms with Crippen LogP contribution in [0.15, 0.2) is 0 Å². The fourth-order valence-corrected chi connectivity index (χ4v) is 1.86. The second kappa shape index (κ2) is 5.68. The van der Waals surface area contributed by atoms with E-state index in [2.05, 4.69) is 5.32 Å². The van der Waals surface area contributed by atoms with Gasteiger partial charge in [-0.1, -0.05) is 0 Å². The predicted octanol–water partition coefficient (Wildman–Crippen LogP) is 0.175. The molecule has 1 amide bonds. The minimum Gasteiger partial charge on any atom is -0.368 e. The van der Waals surface area contributed by atoms with E-state index in [0.29, 0.717) is 0 Å². The van der Waals surface area contributed by atoms with E-state index in [1.807, 2.05) is 4.90 Å². The zero-order valence-electron chi connectivity index (χ0n) is 8.20. The average molecular weight is 265 g/mol. The van der Waals surface area contributed by atoms with Crippen molar-refractivity contribution in [1.29, 1.82) is 0 Å². The number of carbonyl (C=O) groups is 1. The smallest absolute Gasteiger partial charge is 0.251 e. The molecular formula is C9H17BrN2O2. The molecule has 14 heavy (non-hydrogen) atoms. The summed E-state index contributed by atoms with van der Waals surface area (Å²) in [4.78, 5) is 13.7. The van der Waals surface area contributed by atoms with Gasteiger partial charge in [-0.05, 0) is 12.8 Å². The highest BCUT2D eigenvalue weighted by atomic mass is 79.9. The van der Waals surface area contributed by atoms with Crippen molar-refractivity contribution in [1.82, 2.24) is 10.2 Å². The molecule has 1 atom stereocenters. The van der Waals surface area contributed by atoms with Crippen LogP contribution in [0, 0.1) is 0 Å². The lowest BCUT2D eigenvalue weighted by molar-refractivity contribution is -0.141. The number of nitrogens with zero attached hydrogens (tertiary/aromatic N) is 1. The maximum Gasteiger partial charge on any atom is 0.251 e. The Balaban J connectivity index is 0.000000980. The van der Waals surface area contributed by atoms with Crippen molar-refractivity contribution in [2.45, 2.75) is 18.9 Å². The van der Waals surface area contributed by atoms with Crippen LogP contribution in [-0.2, 0) is 9.53 Å². The minimum absolute atomic E-state index is 0.